The summed E-state index contributed by atoms with van der Waals surface area (Å²) in [5.74, 6) is -1.22. The van der Waals surface area contributed by atoms with E-state index in [0.29, 0.717) is 17.7 Å². The van der Waals surface area contributed by atoms with Crippen LogP contribution in [0.25, 0.3) is 0 Å². The summed E-state index contributed by atoms with van der Waals surface area (Å²) >= 11 is 0. The number of hydrogen-bond acceptors (Lipinski definition) is 3. The van der Waals surface area contributed by atoms with Crippen LogP contribution in [0, 0.1) is 0 Å². The Hall–Kier alpha value is -1.88. The number of carbonyl (C=O) groups excluding carboxylic acids is 1. The molecule has 0 saturated carbocycles. The van der Waals surface area contributed by atoms with Gasteiger partial charge in [-0.2, -0.15) is 0 Å². The molecule has 5 nitrogen and oxygen atoms in total. The molecule has 0 aromatic heterocycles. The highest BCUT2D eigenvalue weighted by molar-refractivity contribution is 5.98. The van der Waals surface area contributed by atoms with Gasteiger partial charge >= 0.3 is 5.97 Å². The molecule has 1 amide bonds. The highest BCUT2D eigenvalue weighted by atomic mass is 16.5. The van der Waals surface area contributed by atoms with E-state index in [1.807, 2.05) is 6.92 Å². The summed E-state index contributed by atoms with van der Waals surface area (Å²) in [6.45, 7) is 3.55. The Balaban J connectivity index is 2.93. The summed E-state index contributed by atoms with van der Waals surface area (Å²) in [4.78, 5) is 22.9. The van der Waals surface area contributed by atoms with E-state index in [9.17, 15) is 9.59 Å². The Labute approximate surface area is 112 Å². The fraction of sp³-hybridized carbons (Fsp3) is 0.429. The lowest BCUT2D eigenvalue weighted by Crippen LogP contribution is -2.41. The summed E-state index contributed by atoms with van der Waals surface area (Å²) in [6, 6.07) is 6.85. The molecular formula is C14H19NO4. The number of ether oxygens (including phenoxy) is 1. The Morgan fingerprint density at radius 2 is 2.00 bits per heavy atom. The fourth-order valence-corrected chi connectivity index (χ4v) is 1.61. The van der Waals surface area contributed by atoms with E-state index in [1.54, 1.807) is 31.2 Å². The topological polar surface area (TPSA) is 75.6 Å². The molecule has 5 heteroatoms. The average molecular weight is 265 g/mol. The number of amides is 1. The van der Waals surface area contributed by atoms with Gasteiger partial charge in [0.25, 0.3) is 5.91 Å². The molecule has 0 spiro atoms. The zero-order chi connectivity index (χ0) is 14.5. The van der Waals surface area contributed by atoms with E-state index in [1.165, 1.54) is 7.11 Å². The second kappa shape index (κ2) is 6.33. The van der Waals surface area contributed by atoms with Crippen molar-refractivity contribution in [3.8, 4) is 0 Å². The number of carboxylic acids is 1. The highest BCUT2D eigenvalue weighted by Gasteiger charge is 2.31. The molecule has 0 aliphatic heterocycles. The lowest BCUT2D eigenvalue weighted by atomic mass is 10.0. The van der Waals surface area contributed by atoms with Crippen LogP contribution in [-0.4, -0.2) is 29.7 Å². The maximum atomic E-state index is 12.2. The van der Waals surface area contributed by atoms with Crippen LogP contribution in [0.1, 0.15) is 25.8 Å². The van der Waals surface area contributed by atoms with Crippen LogP contribution >= 0.6 is 0 Å². The predicted octanol–water partition coefficient (Wildman–Crippen LogP) is 2.07. The molecule has 1 aromatic rings. The number of para-hydroxylation sites is 1. The molecule has 104 valence electrons. The second-order valence-corrected chi connectivity index (χ2v) is 4.47. The van der Waals surface area contributed by atoms with Gasteiger partial charge in [-0.1, -0.05) is 25.1 Å². The van der Waals surface area contributed by atoms with Gasteiger partial charge in [-0.25, -0.2) is 0 Å². The molecular weight excluding hydrogens is 246 g/mol. The van der Waals surface area contributed by atoms with Gasteiger partial charge in [0.05, 0.1) is 6.42 Å². The van der Waals surface area contributed by atoms with Crippen LogP contribution in [0.3, 0.4) is 0 Å². The van der Waals surface area contributed by atoms with Crippen LogP contribution < -0.4 is 5.32 Å². The molecule has 1 rings (SSSR count). The second-order valence-electron chi connectivity index (χ2n) is 4.47. The van der Waals surface area contributed by atoms with Gasteiger partial charge in [-0.05, 0) is 25.0 Å². The number of anilines is 1. The maximum absolute atomic E-state index is 12.2. The van der Waals surface area contributed by atoms with Crippen molar-refractivity contribution in [3.63, 3.8) is 0 Å². The molecule has 2 N–H and O–H groups in total. The summed E-state index contributed by atoms with van der Waals surface area (Å²) in [5.41, 5.74) is 0.153. The van der Waals surface area contributed by atoms with E-state index in [2.05, 4.69) is 5.32 Å². The Morgan fingerprint density at radius 3 is 2.53 bits per heavy atom. The minimum absolute atomic E-state index is 0.133. The van der Waals surface area contributed by atoms with Crippen LogP contribution in [0.2, 0.25) is 0 Å². The fourth-order valence-electron chi connectivity index (χ4n) is 1.61. The van der Waals surface area contributed by atoms with Crippen LogP contribution in [0.5, 0.6) is 0 Å². The molecule has 0 bridgehead atoms. The SMILES string of the molecule is CCC(C)(OC)C(=O)Nc1ccccc1CC(=O)O. The number of nitrogens with one attached hydrogen (secondary N) is 1. The van der Waals surface area contributed by atoms with Crippen molar-refractivity contribution in [2.45, 2.75) is 32.3 Å². The van der Waals surface area contributed by atoms with Crippen molar-refractivity contribution in [2.24, 2.45) is 0 Å². The molecule has 1 aromatic carbocycles. The van der Waals surface area contributed by atoms with Gasteiger partial charge in [-0.15, -0.1) is 0 Å². The van der Waals surface area contributed by atoms with E-state index < -0.39 is 11.6 Å². The minimum atomic E-state index is -0.938. The average Bonchev–Trinajstić information content (AvgIpc) is 2.39. The van der Waals surface area contributed by atoms with E-state index in [4.69, 9.17) is 9.84 Å². The van der Waals surface area contributed by atoms with Gasteiger partial charge in [0.15, 0.2) is 0 Å². The number of rotatable bonds is 6. The molecule has 0 fully saturated rings. The summed E-state index contributed by atoms with van der Waals surface area (Å²) in [6.07, 6.45) is 0.392. The molecule has 0 heterocycles. The van der Waals surface area contributed by atoms with Crippen LogP contribution in [0.15, 0.2) is 24.3 Å². The van der Waals surface area contributed by atoms with E-state index in [-0.39, 0.29) is 12.3 Å². The largest absolute Gasteiger partial charge is 0.481 e. The van der Waals surface area contributed by atoms with Crippen molar-refractivity contribution < 1.29 is 19.4 Å². The number of benzene rings is 1. The molecule has 1 atom stereocenters. The van der Waals surface area contributed by atoms with Crippen molar-refractivity contribution in [1.82, 2.24) is 0 Å². The maximum Gasteiger partial charge on any atom is 0.307 e. The third-order valence-corrected chi connectivity index (χ3v) is 3.21. The molecule has 1 unspecified atom stereocenters. The zero-order valence-corrected chi connectivity index (χ0v) is 11.4. The van der Waals surface area contributed by atoms with Crippen LogP contribution in [-0.2, 0) is 20.7 Å². The molecule has 19 heavy (non-hydrogen) atoms. The van der Waals surface area contributed by atoms with E-state index in [0.717, 1.165) is 0 Å². The Kier molecular flexibility index (Phi) is 5.06. The minimum Gasteiger partial charge on any atom is -0.481 e. The summed E-state index contributed by atoms with van der Waals surface area (Å²) < 4.78 is 5.21. The van der Waals surface area contributed by atoms with Gasteiger partial charge in [0.1, 0.15) is 5.60 Å². The van der Waals surface area contributed by atoms with Crippen LogP contribution in [0.4, 0.5) is 5.69 Å². The highest BCUT2D eigenvalue weighted by Crippen LogP contribution is 2.20. The van der Waals surface area contributed by atoms with E-state index >= 15 is 0 Å². The van der Waals surface area contributed by atoms with Crippen molar-refractivity contribution in [2.75, 3.05) is 12.4 Å². The van der Waals surface area contributed by atoms with Crippen molar-refractivity contribution in [1.29, 1.82) is 0 Å². The van der Waals surface area contributed by atoms with Gasteiger partial charge in [-0.3, -0.25) is 9.59 Å². The van der Waals surface area contributed by atoms with Gasteiger partial charge in [0.2, 0.25) is 0 Å². The number of aliphatic carboxylic acids is 1. The Morgan fingerprint density at radius 1 is 1.37 bits per heavy atom. The normalized spacial score (nSPS) is 13.6. The molecule has 0 aliphatic carbocycles. The monoisotopic (exact) mass is 265 g/mol. The lowest BCUT2D eigenvalue weighted by Gasteiger charge is -2.25. The summed E-state index contributed by atoms with van der Waals surface area (Å²) in [7, 11) is 1.48. The first-order valence-corrected chi connectivity index (χ1v) is 6.09. The predicted molar refractivity (Wildman–Crippen MR) is 72.1 cm³/mol. The van der Waals surface area contributed by atoms with Crippen molar-refractivity contribution >= 4 is 17.6 Å². The first kappa shape index (κ1) is 15.2. The first-order valence-electron chi connectivity index (χ1n) is 6.09. The quantitative estimate of drug-likeness (QED) is 0.825. The van der Waals surface area contributed by atoms with Crippen molar-refractivity contribution in [3.05, 3.63) is 29.8 Å². The summed E-state index contributed by atoms with van der Waals surface area (Å²) in [5, 5.41) is 11.6. The van der Waals surface area contributed by atoms with Gasteiger partial charge < -0.3 is 15.2 Å². The Bertz CT molecular complexity index is 466. The number of carboxylic acid groups (broad SMARTS) is 1. The third-order valence-electron chi connectivity index (χ3n) is 3.21. The molecule has 0 aliphatic rings. The lowest BCUT2D eigenvalue weighted by molar-refractivity contribution is -0.137. The number of hydrogen-bond donors (Lipinski definition) is 2. The molecule has 0 saturated heterocycles. The molecule has 0 radical (unpaired) electrons. The number of carbonyl (C=O) groups is 2. The standard InChI is InChI=1S/C14H19NO4/c1-4-14(2,19-3)13(18)15-11-8-6-5-7-10(11)9-12(16)17/h5-8H,4,9H2,1-3H3,(H,15,18)(H,16,17). The smallest absolute Gasteiger partial charge is 0.307 e. The van der Waals surface area contributed by atoms with Gasteiger partial charge in [0, 0.05) is 12.8 Å². The first-order chi connectivity index (χ1) is 8.92. The third kappa shape index (κ3) is 3.79. The number of methoxy groups -OCH3 is 1. The zero-order valence-electron chi connectivity index (χ0n) is 11.4.